The molecule has 0 radical (unpaired) electrons. The zero-order chi connectivity index (χ0) is 20.7. The van der Waals surface area contributed by atoms with Gasteiger partial charge in [-0.3, -0.25) is 4.79 Å². The standard InChI is InChI=1S/C19H20FNO6S/c1-21-28(24,25)18-12-14(7-10-17(18)26-2)19(23)27-11-3-4-16(22)13-5-8-15(20)9-6-13/h5-10,12,21H,3-4,11H2,1-2H3. The van der Waals surface area contributed by atoms with E-state index >= 15 is 0 Å². The second-order valence-electron chi connectivity index (χ2n) is 5.74. The first-order chi connectivity index (χ1) is 13.3. The second kappa shape index (κ2) is 9.43. The summed E-state index contributed by atoms with van der Waals surface area (Å²) in [7, 11) is -1.25. The molecule has 2 rings (SSSR count). The maximum Gasteiger partial charge on any atom is 0.338 e. The van der Waals surface area contributed by atoms with Gasteiger partial charge in [-0.1, -0.05) is 0 Å². The van der Waals surface area contributed by atoms with Crippen molar-refractivity contribution in [2.75, 3.05) is 20.8 Å². The Hall–Kier alpha value is -2.78. The van der Waals surface area contributed by atoms with Gasteiger partial charge in [-0.05, 0) is 55.9 Å². The van der Waals surface area contributed by atoms with Crippen LogP contribution in [0.5, 0.6) is 5.75 Å². The van der Waals surface area contributed by atoms with Crippen molar-refractivity contribution < 1.29 is 31.9 Å². The Morgan fingerprint density at radius 3 is 2.32 bits per heavy atom. The molecule has 28 heavy (non-hydrogen) atoms. The maximum atomic E-state index is 12.9. The zero-order valence-electron chi connectivity index (χ0n) is 15.4. The Labute approximate surface area is 162 Å². The fourth-order valence-electron chi connectivity index (χ4n) is 2.38. The van der Waals surface area contributed by atoms with Crippen molar-refractivity contribution in [3.63, 3.8) is 0 Å². The highest BCUT2D eigenvalue weighted by Crippen LogP contribution is 2.25. The smallest absolute Gasteiger partial charge is 0.338 e. The van der Waals surface area contributed by atoms with Crippen molar-refractivity contribution in [2.24, 2.45) is 0 Å². The number of sulfonamides is 1. The molecule has 7 nitrogen and oxygen atoms in total. The van der Waals surface area contributed by atoms with Crippen LogP contribution < -0.4 is 9.46 Å². The van der Waals surface area contributed by atoms with E-state index in [1.54, 1.807) is 0 Å². The van der Waals surface area contributed by atoms with Crippen LogP contribution in [0.1, 0.15) is 33.6 Å². The third-order valence-corrected chi connectivity index (χ3v) is 5.34. The highest BCUT2D eigenvalue weighted by Gasteiger charge is 2.20. The van der Waals surface area contributed by atoms with Gasteiger partial charge in [-0.2, -0.15) is 0 Å². The van der Waals surface area contributed by atoms with E-state index in [4.69, 9.17) is 9.47 Å². The summed E-state index contributed by atoms with van der Waals surface area (Å²) < 4.78 is 49.2. The molecule has 0 aliphatic heterocycles. The molecule has 0 bridgehead atoms. The average molecular weight is 409 g/mol. The van der Waals surface area contributed by atoms with Crippen LogP contribution in [0, 0.1) is 5.82 Å². The number of ether oxygens (including phenoxy) is 2. The first kappa shape index (κ1) is 21.5. The van der Waals surface area contributed by atoms with Gasteiger partial charge in [0.1, 0.15) is 16.5 Å². The van der Waals surface area contributed by atoms with Gasteiger partial charge in [0.05, 0.1) is 19.3 Å². The highest BCUT2D eigenvalue weighted by atomic mass is 32.2. The van der Waals surface area contributed by atoms with Gasteiger partial charge >= 0.3 is 5.97 Å². The van der Waals surface area contributed by atoms with Crippen LogP contribution in [0.3, 0.4) is 0 Å². The SMILES string of the molecule is CNS(=O)(=O)c1cc(C(=O)OCCCC(=O)c2ccc(F)cc2)ccc1OC. The quantitative estimate of drug-likeness (QED) is 0.388. The minimum Gasteiger partial charge on any atom is -0.495 e. The van der Waals surface area contributed by atoms with Crippen LogP contribution in [-0.4, -0.2) is 40.9 Å². The van der Waals surface area contributed by atoms with Gasteiger partial charge in [0.15, 0.2) is 5.78 Å². The van der Waals surface area contributed by atoms with Gasteiger partial charge in [0, 0.05) is 12.0 Å². The molecular weight excluding hydrogens is 389 g/mol. The first-order valence-corrected chi connectivity index (χ1v) is 9.84. The Morgan fingerprint density at radius 1 is 1.07 bits per heavy atom. The lowest BCUT2D eigenvalue weighted by molar-refractivity contribution is 0.0494. The number of Topliss-reactive ketones (excluding diaryl/α,β-unsaturated/α-hetero) is 1. The van der Waals surface area contributed by atoms with Crippen LogP contribution >= 0.6 is 0 Å². The van der Waals surface area contributed by atoms with Crippen molar-refractivity contribution in [2.45, 2.75) is 17.7 Å². The van der Waals surface area contributed by atoms with E-state index in [0.717, 1.165) is 6.07 Å². The highest BCUT2D eigenvalue weighted by molar-refractivity contribution is 7.89. The average Bonchev–Trinajstić information content (AvgIpc) is 2.70. The number of nitrogens with one attached hydrogen (secondary N) is 1. The lowest BCUT2D eigenvalue weighted by Crippen LogP contribution is -2.20. The number of carbonyl (C=O) groups excluding carboxylic acids is 2. The molecule has 0 aliphatic rings. The molecule has 0 unspecified atom stereocenters. The van der Waals surface area contributed by atoms with E-state index in [1.165, 1.54) is 50.6 Å². The molecular formula is C19H20FNO6S. The van der Waals surface area contributed by atoms with Crippen molar-refractivity contribution in [3.8, 4) is 5.75 Å². The molecule has 0 amide bonds. The molecule has 1 N–H and O–H groups in total. The molecule has 9 heteroatoms. The predicted molar refractivity (Wildman–Crippen MR) is 99.5 cm³/mol. The van der Waals surface area contributed by atoms with Crippen molar-refractivity contribution in [3.05, 3.63) is 59.4 Å². The largest absolute Gasteiger partial charge is 0.495 e. The molecule has 0 aromatic heterocycles. The summed E-state index contributed by atoms with van der Waals surface area (Å²) in [5, 5.41) is 0. The van der Waals surface area contributed by atoms with Gasteiger partial charge in [-0.25, -0.2) is 22.3 Å². The molecule has 0 heterocycles. The molecule has 0 aliphatic carbocycles. The van der Waals surface area contributed by atoms with Crippen molar-refractivity contribution in [1.29, 1.82) is 0 Å². The summed E-state index contributed by atoms with van der Waals surface area (Å²) >= 11 is 0. The third kappa shape index (κ3) is 5.37. The topological polar surface area (TPSA) is 98.8 Å². The number of benzene rings is 2. The van der Waals surface area contributed by atoms with Crippen LogP contribution in [0.4, 0.5) is 4.39 Å². The Balaban J connectivity index is 1.95. The number of carbonyl (C=O) groups is 2. The summed E-state index contributed by atoms with van der Waals surface area (Å²) in [6, 6.07) is 9.10. The third-order valence-electron chi connectivity index (χ3n) is 3.91. The second-order valence-corrected chi connectivity index (χ2v) is 7.60. The Kier molecular flexibility index (Phi) is 7.24. The number of esters is 1. The van der Waals surface area contributed by atoms with Crippen LogP contribution in [-0.2, 0) is 14.8 Å². The first-order valence-electron chi connectivity index (χ1n) is 8.36. The van der Waals surface area contributed by atoms with Gasteiger partial charge in [-0.15, -0.1) is 0 Å². The number of halogens is 1. The van der Waals surface area contributed by atoms with E-state index < -0.39 is 21.8 Å². The normalized spacial score (nSPS) is 11.1. The van der Waals surface area contributed by atoms with E-state index in [2.05, 4.69) is 4.72 Å². The summed E-state index contributed by atoms with van der Waals surface area (Å²) in [6.07, 6.45) is 0.403. The minimum atomic E-state index is -3.82. The van der Waals surface area contributed by atoms with Crippen LogP contribution in [0.15, 0.2) is 47.4 Å². The van der Waals surface area contributed by atoms with Gasteiger partial charge in [0.2, 0.25) is 10.0 Å². The van der Waals surface area contributed by atoms with Crippen molar-refractivity contribution >= 4 is 21.8 Å². The monoisotopic (exact) mass is 409 g/mol. The zero-order valence-corrected chi connectivity index (χ0v) is 16.2. The summed E-state index contributed by atoms with van der Waals surface area (Å²) in [5.74, 6) is -1.24. The van der Waals surface area contributed by atoms with Crippen LogP contribution in [0.25, 0.3) is 0 Å². The number of rotatable bonds is 9. The number of methoxy groups -OCH3 is 1. The van der Waals surface area contributed by atoms with Gasteiger partial charge in [0.25, 0.3) is 0 Å². The molecule has 2 aromatic carbocycles. The lowest BCUT2D eigenvalue weighted by Gasteiger charge is -2.11. The maximum absolute atomic E-state index is 12.9. The number of ketones is 1. The molecule has 2 aromatic rings. The molecule has 0 atom stereocenters. The van der Waals surface area contributed by atoms with Crippen molar-refractivity contribution in [1.82, 2.24) is 4.72 Å². The molecule has 0 fully saturated rings. The van der Waals surface area contributed by atoms with Gasteiger partial charge < -0.3 is 9.47 Å². The summed E-state index contributed by atoms with van der Waals surface area (Å²) in [6.45, 7) is -0.0219. The number of hydrogen-bond donors (Lipinski definition) is 1. The molecule has 0 spiro atoms. The fraction of sp³-hybridized carbons (Fsp3) is 0.263. The lowest BCUT2D eigenvalue weighted by atomic mass is 10.1. The molecule has 150 valence electrons. The van der Waals surface area contributed by atoms with E-state index in [9.17, 15) is 22.4 Å². The Morgan fingerprint density at radius 2 is 1.71 bits per heavy atom. The predicted octanol–water partition coefficient (Wildman–Crippen LogP) is 2.56. The summed E-state index contributed by atoms with van der Waals surface area (Å²) in [5.41, 5.74) is 0.421. The van der Waals surface area contributed by atoms with Crippen LogP contribution in [0.2, 0.25) is 0 Å². The van der Waals surface area contributed by atoms with E-state index in [1.807, 2.05) is 0 Å². The molecule has 0 saturated heterocycles. The fourth-order valence-corrected chi connectivity index (χ4v) is 3.30. The van der Waals surface area contributed by atoms with E-state index in [0.29, 0.717) is 5.56 Å². The Bertz CT molecular complexity index is 957. The minimum absolute atomic E-state index is 0.0219. The summed E-state index contributed by atoms with van der Waals surface area (Å²) in [4.78, 5) is 24.0. The van der Waals surface area contributed by atoms with E-state index in [-0.39, 0.29) is 41.4 Å². The number of hydrogen-bond acceptors (Lipinski definition) is 6. The molecule has 0 saturated carbocycles.